The molecule has 3 aromatic rings. The van der Waals surface area contributed by atoms with Crippen LogP contribution in [0.3, 0.4) is 0 Å². The Morgan fingerprint density at radius 1 is 0.641 bits per heavy atom. The van der Waals surface area contributed by atoms with Gasteiger partial charge in [0.15, 0.2) is 0 Å². The zero-order valence-electron chi connectivity index (χ0n) is 24.5. The molecule has 1 aliphatic rings. The van der Waals surface area contributed by atoms with Crippen LogP contribution in [0.1, 0.15) is 126 Å². The lowest BCUT2D eigenvalue weighted by Gasteiger charge is -2.28. The minimum absolute atomic E-state index is 0.0606. The van der Waals surface area contributed by atoms with Crippen LogP contribution in [0.15, 0.2) is 54.6 Å². The lowest BCUT2D eigenvalue weighted by atomic mass is 9.77. The number of fused-ring (bicyclic) bond motifs is 1. The first kappa shape index (κ1) is 29.4. The summed E-state index contributed by atoms with van der Waals surface area (Å²) in [6, 6.07) is 18.7. The van der Waals surface area contributed by atoms with Crippen LogP contribution in [0.5, 0.6) is 0 Å². The predicted molar refractivity (Wildman–Crippen MR) is 167 cm³/mol. The van der Waals surface area contributed by atoms with Crippen molar-refractivity contribution in [2.75, 3.05) is 0 Å². The molecule has 0 aromatic heterocycles. The first-order chi connectivity index (χ1) is 19.2. The normalized spacial score (nSPS) is 17.2. The maximum Gasteiger partial charge on any atom is 0.134 e. The molecule has 1 heteroatoms. The van der Waals surface area contributed by atoms with Crippen molar-refractivity contribution in [2.45, 2.75) is 117 Å². The van der Waals surface area contributed by atoms with E-state index in [-0.39, 0.29) is 5.82 Å². The summed E-state index contributed by atoms with van der Waals surface area (Å²) >= 11 is 0. The summed E-state index contributed by atoms with van der Waals surface area (Å²) in [5, 5.41) is 1.64. The molecule has 0 bridgehead atoms. The second-order valence-corrected chi connectivity index (χ2v) is 12.0. The largest absolute Gasteiger partial charge is 0.206 e. The first-order valence-electron chi connectivity index (χ1n) is 16.0. The van der Waals surface area contributed by atoms with Gasteiger partial charge in [-0.05, 0) is 78.3 Å². The Labute approximate surface area is 237 Å². The second kappa shape index (κ2) is 15.9. The van der Waals surface area contributed by atoms with E-state index in [1.54, 1.807) is 0 Å². The summed E-state index contributed by atoms with van der Waals surface area (Å²) in [5.74, 6) is 8.45. The Balaban J connectivity index is 1.25. The number of hydrogen-bond acceptors (Lipinski definition) is 0. The monoisotopic (exact) mass is 524 g/mol. The zero-order chi connectivity index (χ0) is 27.3. The van der Waals surface area contributed by atoms with Crippen molar-refractivity contribution in [2.24, 2.45) is 11.8 Å². The van der Waals surface area contributed by atoms with Gasteiger partial charge in [-0.3, -0.25) is 0 Å². The standard InChI is InChI=1S/C38H49F/c1-3-5-7-9-11-30-13-15-31(16-14-30)17-18-32-19-21-33(22-20-32)23-24-34-25-28-37-36(29-34)27-26-35(38(37)39)12-10-8-6-4-2/h19-22,25-31H,3-18H2,1-2H3. The van der Waals surface area contributed by atoms with Gasteiger partial charge in [-0.15, -0.1) is 0 Å². The summed E-state index contributed by atoms with van der Waals surface area (Å²) < 4.78 is 15.0. The van der Waals surface area contributed by atoms with E-state index in [1.165, 1.54) is 95.5 Å². The third kappa shape index (κ3) is 9.24. The van der Waals surface area contributed by atoms with Gasteiger partial charge in [0.05, 0.1) is 0 Å². The van der Waals surface area contributed by atoms with Crippen LogP contribution >= 0.6 is 0 Å². The molecule has 0 aliphatic heterocycles. The van der Waals surface area contributed by atoms with Crippen LogP contribution < -0.4 is 0 Å². The number of halogens is 1. The Hall–Kier alpha value is -2.59. The topological polar surface area (TPSA) is 0 Å². The molecule has 39 heavy (non-hydrogen) atoms. The minimum Gasteiger partial charge on any atom is -0.206 e. The molecule has 0 atom stereocenters. The molecular weight excluding hydrogens is 475 g/mol. The van der Waals surface area contributed by atoms with E-state index in [0.717, 1.165) is 46.8 Å². The lowest BCUT2D eigenvalue weighted by Crippen LogP contribution is -2.15. The van der Waals surface area contributed by atoms with Gasteiger partial charge in [-0.1, -0.05) is 133 Å². The van der Waals surface area contributed by atoms with Gasteiger partial charge >= 0.3 is 0 Å². The highest BCUT2D eigenvalue weighted by Crippen LogP contribution is 2.34. The van der Waals surface area contributed by atoms with Crippen molar-refractivity contribution in [1.29, 1.82) is 0 Å². The summed E-state index contributed by atoms with van der Waals surface area (Å²) in [6.07, 6.45) is 20.8. The number of rotatable bonds is 13. The van der Waals surface area contributed by atoms with Crippen molar-refractivity contribution < 1.29 is 4.39 Å². The van der Waals surface area contributed by atoms with E-state index in [2.05, 4.69) is 50.0 Å². The summed E-state index contributed by atoms with van der Waals surface area (Å²) in [7, 11) is 0. The number of unbranched alkanes of at least 4 members (excludes halogenated alkanes) is 6. The van der Waals surface area contributed by atoms with Gasteiger partial charge < -0.3 is 0 Å². The highest BCUT2D eigenvalue weighted by atomic mass is 19.1. The Bertz CT molecular complexity index is 1200. The third-order valence-corrected chi connectivity index (χ3v) is 8.91. The number of hydrogen-bond donors (Lipinski definition) is 0. The summed E-state index contributed by atoms with van der Waals surface area (Å²) in [4.78, 5) is 0. The molecule has 208 valence electrons. The highest BCUT2D eigenvalue weighted by Gasteiger charge is 2.20. The number of aryl methyl sites for hydroxylation is 2. The molecule has 3 aromatic carbocycles. The van der Waals surface area contributed by atoms with Crippen molar-refractivity contribution in [3.63, 3.8) is 0 Å². The summed E-state index contributed by atoms with van der Waals surface area (Å²) in [5.41, 5.74) is 4.23. The molecule has 0 N–H and O–H groups in total. The molecule has 0 nitrogen and oxygen atoms in total. The Kier molecular flexibility index (Phi) is 12.0. The van der Waals surface area contributed by atoms with Crippen molar-refractivity contribution in [3.8, 4) is 11.8 Å². The van der Waals surface area contributed by atoms with E-state index < -0.39 is 0 Å². The minimum atomic E-state index is -0.0606. The van der Waals surface area contributed by atoms with E-state index in [9.17, 15) is 0 Å². The third-order valence-electron chi connectivity index (χ3n) is 8.91. The fourth-order valence-electron chi connectivity index (χ4n) is 6.29. The maximum absolute atomic E-state index is 15.0. The van der Waals surface area contributed by atoms with Gasteiger partial charge in [0.25, 0.3) is 0 Å². The van der Waals surface area contributed by atoms with Crippen LogP contribution in [0.4, 0.5) is 4.39 Å². The number of benzene rings is 3. The Morgan fingerprint density at radius 3 is 2.00 bits per heavy atom. The fraction of sp³-hybridized carbons (Fsp3) is 0.526. The maximum atomic E-state index is 15.0. The van der Waals surface area contributed by atoms with E-state index in [0.29, 0.717) is 5.39 Å². The molecule has 0 amide bonds. The second-order valence-electron chi connectivity index (χ2n) is 12.0. The van der Waals surface area contributed by atoms with Gasteiger partial charge in [0.2, 0.25) is 0 Å². The van der Waals surface area contributed by atoms with E-state index >= 15 is 4.39 Å². The summed E-state index contributed by atoms with van der Waals surface area (Å²) in [6.45, 7) is 4.50. The van der Waals surface area contributed by atoms with Gasteiger partial charge in [0.1, 0.15) is 5.82 Å². The Morgan fingerprint density at radius 2 is 1.28 bits per heavy atom. The molecule has 1 aliphatic carbocycles. The van der Waals surface area contributed by atoms with Crippen molar-refractivity contribution >= 4 is 10.8 Å². The molecule has 1 saturated carbocycles. The van der Waals surface area contributed by atoms with Crippen LogP contribution in [0.2, 0.25) is 0 Å². The van der Waals surface area contributed by atoms with Crippen molar-refractivity contribution in [1.82, 2.24) is 0 Å². The molecule has 4 rings (SSSR count). The lowest BCUT2D eigenvalue weighted by molar-refractivity contribution is 0.249. The van der Waals surface area contributed by atoms with Crippen LogP contribution in [-0.2, 0) is 12.8 Å². The fourth-order valence-corrected chi connectivity index (χ4v) is 6.29. The average molecular weight is 525 g/mol. The van der Waals surface area contributed by atoms with Crippen LogP contribution in [0, 0.1) is 29.5 Å². The van der Waals surface area contributed by atoms with Gasteiger partial charge in [-0.2, -0.15) is 0 Å². The molecule has 0 saturated heterocycles. The van der Waals surface area contributed by atoms with Gasteiger partial charge in [-0.25, -0.2) is 4.39 Å². The molecule has 0 spiro atoms. The van der Waals surface area contributed by atoms with Crippen molar-refractivity contribution in [3.05, 3.63) is 82.7 Å². The van der Waals surface area contributed by atoms with Crippen LogP contribution in [0.25, 0.3) is 10.8 Å². The average Bonchev–Trinajstić information content (AvgIpc) is 2.97. The molecule has 0 unspecified atom stereocenters. The molecule has 1 fully saturated rings. The van der Waals surface area contributed by atoms with Crippen LogP contribution in [-0.4, -0.2) is 0 Å². The van der Waals surface area contributed by atoms with E-state index in [4.69, 9.17) is 0 Å². The van der Waals surface area contributed by atoms with Gasteiger partial charge in [0, 0.05) is 16.5 Å². The quantitative estimate of drug-likeness (QED) is 0.154. The molecular formula is C38H49F. The van der Waals surface area contributed by atoms with E-state index in [1.807, 2.05) is 30.3 Å². The predicted octanol–water partition coefficient (Wildman–Crippen LogP) is 11.2. The molecule has 0 heterocycles. The highest BCUT2D eigenvalue weighted by molar-refractivity contribution is 5.85. The smallest absolute Gasteiger partial charge is 0.134 e. The zero-order valence-corrected chi connectivity index (χ0v) is 24.5. The molecule has 0 radical (unpaired) electrons. The SMILES string of the molecule is CCCCCCc1ccc2cc(C#Cc3ccc(CCC4CCC(CCCCCC)CC4)cc3)ccc2c1F. The first-order valence-corrected chi connectivity index (χ1v) is 16.0.